The monoisotopic (exact) mass is 604 g/mol. The molecule has 0 spiro atoms. The van der Waals surface area contributed by atoms with E-state index < -0.39 is 17.7 Å². The third-order valence-electron chi connectivity index (χ3n) is 7.83. The number of amides is 1. The molecule has 0 bridgehead atoms. The van der Waals surface area contributed by atoms with Crippen molar-refractivity contribution in [1.29, 1.82) is 0 Å². The highest BCUT2D eigenvalue weighted by Gasteiger charge is 2.48. The first-order chi connectivity index (χ1) is 21.4. The second-order valence-corrected chi connectivity index (χ2v) is 11.8. The number of rotatable bonds is 7. The third kappa shape index (κ3) is 4.95. The van der Waals surface area contributed by atoms with Crippen LogP contribution in [0.1, 0.15) is 35.2 Å². The Labute approximate surface area is 257 Å². The number of methoxy groups -OCH3 is 1. The van der Waals surface area contributed by atoms with Crippen LogP contribution in [0.25, 0.3) is 16.0 Å². The highest BCUT2D eigenvalue weighted by molar-refractivity contribution is 7.22. The van der Waals surface area contributed by atoms with E-state index in [9.17, 15) is 14.7 Å². The average Bonchev–Trinajstić information content (AvgIpc) is 3.71. The van der Waals surface area contributed by atoms with Gasteiger partial charge < -0.3 is 19.3 Å². The zero-order valence-electron chi connectivity index (χ0n) is 24.0. The highest BCUT2D eigenvalue weighted by atomic mass is 32.1. The SMILES string of the molecule is COc1ccc2nc(N3C(=O)C(=O)/C(=C(\O)c4ccc5c(c4)CC(C)O5)C3c3cccc(OCc4ccccc4)c3)sc2c1. The first-order valence-corrected chi connectivity index (χ1v) is 15.0. The first-order valence-electron chi connectivity index (χ1n) is 14.2. The predicted octanol–water partition coefficient (Wildman–Crippen LogP) is 6.83. The Hall–Kier alpha value is -5.15. The maximum Gasteiger partial charge on any atom is 0.301 e. The number of hydrogen-bond donors (Lipinski definition) is 1. The predicted molar refractivity (Wildman–Crippen MR) is 168 cm³/mol. The maximum absolute atomic E-state index is 13.8. The van der Waals surface area contributed by atoms with Gasteiger partial charge in [-0.3, -0.25) is 14.5 Å². The molecule has 44 heavy (non-hydrogen) atoms. The number of ether oxygens (including phenoxy) is 3. The molecule has 4 aromatic carbocycles. The van der Waals surface area contributed by atoms with Gasteiger partial charge in [-0.2, -0.15) is 0 Å². The van der Waals surface area contributed by atoms with Crippen molar-refractivity contribution in [2.45, 2.75) is 32.1 Å². The van der Waals surface area contributed by atoms with E-state index in [1.165, 1.54) is 16.2 Å². The van der Waals surface area contributed by atoms with Gasteiger partial charge in [-0.25, -0.2) is 4.98 Å². The molecule has 2 aliphatic rings. The fourth-order valence-corrected chi connectivity index (χ4v) is 6.73. The fourth-order valence-electron chi connectivity index (χ4n) is 5.71. The lowest BCUT2D eigenvalue weighted by Crippen LogP contribution is -2.29. The number of benzene rings is 4. The van der Waals surface area contributed by atoms with Crippen molar-refractivity contribution in [2.75, 3.05) is 12.0 Å². The van der Waals surface area contributed by atoms with Crippen molar-refractivity contribution in [3.63, 3.8) is 0 Å². The third-order valence-corrected chi connectivity index (χ3v) is 8.84. The molecular formula is C35H28N2O6S. The summed E-state index contributed by atoms with van der Waals surface area (Å²) in [7, 11) is 1.58. The minimum atomic E-state index is -0.943. The van der Waals surface area contributed by atoms with Crippen molar-refractivity contribution >= 4 is 44.1 Å². The number of ketones is 1. The number of carbonyl (C=O) groups excluding carboxylic acids is 2. The quantitative estimate of drug-likeness (QED) is 0.123. The van der Waals surface area contributed by atoms with Gasteiger partial charge in [-0.15, -0.1) is 0 Å². The zero-order valence-corrected chi connectivity index (χ0v) is 24.8. The molecule has 0 aliphatic carbocycles. The molecular weight excluding hydrogens is 576 g/mol. The van der Waals surface area contributed by atoms with Gasteiger partial charge in [0, 0.05) is 12.0 Å². The molecule has 8 nitrogen and oxygen atoms in total. The van der Waals surface area contributed by atoms with Crippen LogP contribution >= 0.6 is 11.3 Å². The highest BCUT2D eigenvalue weighted by Crippen LogP contribution is 2.45. The summed E-state index contributed by atoms with van der Waals surface area (Å²) < 4.78 is 18.1. The van der Waals surface area contributed by atoms with Gasteiger partial charge >= 0.3 is 5.91 Å². The number of fused-ring (bicyclic) bond motifs is 2. The van der Waals surface area contributed by atoms with Crippen molar-refractivity contribution in [2.24, 2.45) is 0 Å². The van der Waals surface area contributed by atoms with Crippen molar-refractivity contribution in [1.82, 2.24) is 4.98 Å². The van der Waals surface area contributed by atoms with Gasteiger partial charge in [0.05, 0.1) is 28.9 Å². The van der Waals surface area contributed by atoms with Gasteiger partial charge in [0.15, 0.2) is 5.13 Å². The number of hydrogen-bond acceptors (Lipinski definition) is 8. The van der Waals surface area contributed by atoms with Crippen LogP contribution in [0.5, 0.6) is 17.2 Å². The number of thiazole rings is 1. The minimum absolute atomic E-state index is 0.0149. The zero-order chi connectivity index (χ0) is 30.4. The van der Waals surface area contributed by atoms with Crippen LogP contribution in [0.2, 0.25) is 0 Å². The van der Waals surface area contributed by atoms with E-state index in [1.54, 1.807) is 31.4 Å². The minimum Gasteiger partial charge on any atom is -0.507 e. The number of aliphatic hydroxyl groups excluding tert-OH is 1. The summed E-state index contributed by atoms with van der Waals surface area (Å²) in [5.74, 6) is 0.163. The summed E-state index contributed by atoms with van der Waals surface area (Å²) in [4.78, 5) is 33.6. The number of aliphatic hydroxyl groups is 1. The van der Waals surface area contributed by atoms with Crippen LogP contribution in [0.3, 0.4) is 0 Å². The fraction of sp³-hybridized carbons (Fsp3) is 0.171. The van der Waals surface area contributed by atoms with E-state index in [-0.39, 0.29) is 17.4 Å². The van der Waals surface area contributed by atoms with Crippen molar-refractivity contribution < 1.29 is 28.9 Å². The lowest BCUT2D eigenvalue weighted by molar-refractivity contribution is -0.132. The molecule has 0 radical (unpaired) electrons. The molecule has 9 heteroatoms. The molecule has 2 unspecified atom stereocenters. The Morgan fingerprint density at radius 1 is 1.00 bits per heavy atom. The van der Waals surface area contributed by atoms with E-state index in [0.29, 0.717) is 46.3 Å². The van der Waals surface area contributed by atoms with Gasteiger partial charge in [-0.05, 0) is 72.1 Å². The lowest BCUT2D eigenvalue weighted by Gasteiger charge is -2.23. The molecule has 2 atom stereocenters. The van der Waals surface area contributed by atoms with Crippen LogP contribution in [0.4, 0.5) is 5.13 Å². The molecule has 1 saturated heterocycles. The van der Waals surface area contributed by atoms with Crippen LogP contribution in [0.15, 0.2) is 96.6 Å². The molecule has 1 aromatic heterocycles. The van der Waals surface area contributed by atoms with E-state index in [4.69, 9.17) is 19.2 Å². The summed E-state index contributed by atoms with van der Waals surface area (Å²) in [5, 5.41) is 12.0. The van der Waals surface area contributed by atoms with E-state index in [1.807, 2.05) is 73.7 Å². The average molecular weight is 605 g/mol. The van der Waals surface area contributed by atoms with E-state index in [0.717, 1.165) is 21.6 Å². The summed E-state index contributed by atoms with van der Waals surface area (Å²) in [6.45, 7) is 2.32. The normalized spacial score (nSPS) is 18.8. The lowest BCUT2D eigenvalue weighted by atomic mass is 9.94. The second kappa shape index (κ2) is 11.2. The van der Waals surface area contributed by atoms with Gasteiger partial charge in [0.2, 0.25) is 0 Å². The van der Waals surface area contributed by atoms with Crippen molar-refractivity contribution in [3.05, 3.63) is 119 Å². The maximum atomic E-state index is 13.8. The standard InChI is InChI=1S/C35H28N2O6S/c1-20-15-24-16-23(11-14-28(24)43-20)32(38)30-31(22-9-6-10-26(17-22)42-19-21-7-4-3-5-8-21)37(34(40)33(30)39)35-36-27-13-12-25(41-2)18-29(27)44-35/h3-14,16-18,20,31,38H,15,19H2,1-2H3/b32-30-. The van der Waals surface area contributed by atoms with Gasteiger partial charge in [0.1, 0.15) is 35.7 Å². The first kappa shape index (κ1) is 27.7. The molecule has 1 amide bonds. The number of anilines is 1. The molecule has 2 aliphatic heterocycles. The topological polar surface area (TPSA) is 98.2 Å². The number of aromatic nitrogens is 1. The number of Topliss-reactive ketones (excluding diaryl/α,β-unsaturated/α-hetero) is 1. The Bertz CT molecular complexity index is 1950. The molecule has 1 N–H and O–H groups in total. The van der Waals surface area contributed by atoms with Crippen LogP contribution in [-0.4, -0.2) is 35.0 Å². The number of carbonyl (C=O) groups is 2. The molecule has 3 heterocycles. The number of nitrogens with zero attached hydrogens (tertiary/aromatic N) is 2. The van der Waals surface area contributed by atoms with Crippen molar-refractivity contribution in [3.8, 4) is 17.2 Å². The Morgan fingerprint density at radius 3 is 2.66 bits per heavy atom. The van der Waals surface area contributed by atoms with Crippen LogP contribution in [0, 0.1) is 0 Å². The van der Waals surface area contributed by atoms with E-state index in [2.05, 4.69) is 0 Å². The van der Waals surface area contributed by atoms with Crippen LogP contribution in [-0.2, 0) is 22.6 Å². The molecule has 220 valence electrons. The Balaban J connectivity index is 1.34. The summed E-state index contributed by atoms with van der Waals surface area (Å²) in [5.41, 5.74) is 3.63. The summed E-state index contributed by atoms with van der Waals surface area (Å²) in [6.07, 6.45) is 0.703. The van der Waals surface area contributed by atoms with Crippen LogP contribution < -0.4 is 19.1 Å². The smallest absolute Gasteiger partial charge is 0.301 e. The largest absolute Gasteiger partial charge is 0.507 e. The van der Waals surface area contributed by atoms with Gasteiger partial charge in [-0.1, -0.05) is 53.8 Å². The summed E-state index contributed by atoms with van der Waals surface area (Å²) >= 11 is 1.28. The van der Waals surface area contributed by atoms with Gasteiger partial charge in [0.25, 0.3) is 5.78 Å². The Morgan fingerprint density at radius 2 is 1.84 bits per heavy atom. The van der Waals surface area contributed by atoms with E-state index >= 15 is 0 Å². The molecule has 7 rings (SSSR count). The second-order valence-electron chi connectivity index (χ2n) is 10.8. The molecule has 5 aromatic rings. The summed E-state index contributed by atoms with van der Waals surface area (Å²) in [6, 6.07) is 26.9. The molecule has 0 saturated carbocycles. The molecule has 1 fully saturated rings. The Kier molecular flexibility index (Phi) is 7.02.